The van der Waals surface area contributed by atoms with Crippen LogP contribution in [0.3, 0.4) is 0 Å². The van der Waals surface area contributed by atoms with Gasteiger partial charge in [-0.15, -0.1) is 0 Å². The molecule has 15 heavy (non-hydrogen) atoms. The van der Waals surface area contributed by atoms with Crippen molar-refractivity contribution in [1.29, 1.82) is 0 Å². The SMILES string of the molecule is C[C@@H](N)C(=O)N1CC(C)(C)OC(C)(C)C1. The molecule has 0 radical (unpaired) electrons. The van der Waals surface area contributed by atoms with Crippen molar-refractivity contribution >= 4 is 5.91 Å². The van der Waals surface area contributed by atoms with Crippen LogP contribution in [0.5, 0.6) is 0 Å². The third-order valence-corrected chi connectivity index (χ3v) is 2.40. The molecule has 4 nitrogen and oxygen atoms in total. The van der Waals surface area contributed by atoms with Gasteiger partial charge in [0.25, 0.3) is 0 Å². The lowest BCUT2D eigenvalue weighted by atomic mass is 9.98. The van der Waals surface area contributed by atoms with Gasteiger partial charge in [-0.1, -0.05) is 0 Å². The van der Waals surface area contributed by atoms with Crippen LogP contribution in [0, 0.1) is 0 Å². The molecule has 0 aromatic carbocycles. The minimum Gasteiger partial charge on any atom is -0.366 e. The third kappa shape index (κ3) is 3.18. The van der Waals surface area contributed by atoms with Crippen LogP contribution >= 0.6 is 0 Å². The van der Waals surface area contributed by atoms with Gasteiger partial charge in [0.15, 0.2) is 0 Å². The molecule has 0 saturated carbocycles. The number of carbonyl (C=O) groups is 1. The van der Waals surface area contributed by atoms with Gasteiger partial charge in [-0.25, -0.2) is 0 Å². The minimum absolute atomic E-state index is 0.000509. The molecule has 1 amide bonds. The zero-order valence-corrected chi connectivity index (χ0v) is 10.3. The van der Waals surface area contributed by atoms with Gasteiger partial charge in [0, 0.05) is 13.1 Å². The molecule has 0 aromatic rings. The van der Waals surface area contributed by atoms with Crippen LogP contribution in [-0.2, 0) is 9.53 Å². The molecule has 0 aliphatic carbocycles. The van der Waals surface area contributed by atoms with Crippen molar-refractivity contribution in [2.75, 3.05) is 13.1 Å². The smallest absolute Gasteiger partial charge is 0.239 e. The van der Waals surface area contributed by atoms with E-state index in [9.17, 15) is 4.79 Å². The van der Waals surface area contributed by atoms with Crippen molar-refractivity contribution in [3.05, 3.63) is 0 Å². The Bertz CT molecular complexity index is 243. The average molecular weight is 214 g/mol. The lowest BCUT2D eigenvalue weighted by molar-refractivity contribution is -0.188. The first-order chi connectivity index (χ1) is 6.63. The molecule has 1 saturated heterocycles. The van der Waals surface area contributed by atoms with E-state index in [1.165, 1.54) is 0 Å². The molecule has 0 aromatic heterocycles. The summed E-state index contributed by atoms with van der Waals surface area (Å²) in [5, 5.41) is 0. The molecule has 1 heterocycles. The van der Waals surface area contributed by atoms with E-state index in [2.05, 4.69) is 0 Å². The lowest BCUT2D eigenvalue weighted by Gasteiger charge is -2.47. The minimum atomic E-state index is -0.435. The highest BCUT2D eigenvalue weighted by molar-refractivity contribution is 5.81. The van der Waals surface area contributed by atoms with Crippen molar-refractivity contribution in [1.82, 2.24) is 4.90 Å². The first-order valence-electron chi connectivity index (χ1n) is 5.37. The molecule has 0 bridgehead atoms. The fourth-order valence-electron chi connectivity index (χ4n) is 2.23. The number of ether oxygens (including phenoxy) is 1. The van der Waals surface area contributed by atoms with Crippen LogP contribution in [-0.4, -0.2) is 41.1 Å². The van der Waals surface area contributed by atoms with Crippen LogP contribution in [0.25, 0.3) is 0 Å². The number of hydrogen-bond acceptors (Lipinski definition) is 3. The largest absolute Gasteiger partial charge is 0.366 e. The summed E-state index contributed by atoms with van der Waals surface area (Å²) in [5.41, 5.74) is 5.01. The van der Waals surface area contributed by atoms with E-state index in [1.54, 1.807) is 11.8 Å². The van der Waals surface area contributed by atoms with E-state index in [4.69, 9.17) is 10.5 Å². The Morgan fingerprint density at radius 2 is 1.67 bits per heavy atom. The van der Waals surface area contributed by atoms with Crippen molar-refractivity contribution in [2.45, 2.75) is 51.9 Å². The molecule has 88 valence electrons. The van der Waals surface area contributed by atoms with Crippen LogP contribution in [0.1, 0.15) is 34.6 Å². The highest BCUT2D eigenvalue weighted by atomic mass is 16.5. The fraction of sp³-hybridized carbons (Fsp3) is 0.909. The molecule has 0 spiro atoms. The lowest BCUT2D eigenvalue weighted by Crippen LogP contribution is -2.60. The Hall–Kier alpha value is -0.610. The van der Waals surface area contributed by atoms with Gasteiger partial charge in [0.2, 0.25) is 5.91 Å². The highest BCUT2D eigenvalue weighted by Crippen LogP contribution is 2.28. The van der Waals surface area contributed by atoms with E-state index in [-0.39, 0.29) is 17.1 Å². The quantitative estimate of drug-likeness (QED) is 0.700. The average Bonchev–Trinajstić information content (AvgIpc) is 1.96. The topological polar surface area (TPSA) is 55.6 Å². The first-order valence-corrected chi connectivity index (χ1v) is 5.37. The standard InChI is InChI=1S/C11H22N2O2/c1-8(12)9(14)13-6-10(2,3)15-11(4,5)7-13/h8H,6-7,12H2,1-5H3/t8-/m1/s1. The van der Waals surface area contributed by atoms with Crippen LogP contribution in [0.15, 0.2) is 0 Å². The Morgan fingerprint density at radius 1 is 1.27 bits per heavy atom. The predicted octanol–water partition coefficient (Wildman–Crippen LogP) is 0.750. The molecule has 1 aliphatic heterocycles. The number of nitrogens with two attached hydrogens (primary N) is 1. The summed E-state index contributed by atoms with van der Waals surface area (Å²) in [4.78, 5) is 13.6. The number of nitrogens with zero attached hydrogens (tertiary/aromatic N) is 1. The maximum atomic E-state index is 11.8. The molecular weight excluding hydrogens is 192 g/mol. The van der Waals surface area contributed by atoms with Crippen molar-refractivity contribution < 1.29 is 9.53 Å². The Kier molecular flexibility index (Phi) is 3.12. The number of rotatable bonds is 1. The number of carbonyl (C=O) groups excluding carboxylic acids is 1. The monoisotopic (exact) mass is 214 g/mol. The molecule has 1 aliphatic rings. The maximum Gasteiger partial charge on any atom is 0.239 e. The molecule has 1 rings (SSSR count). The molecule has 2 N–H and O–H groups in total. The summed E-state index contributed by atoms with van der Waals surface area (Å²) in [6.45, 7) is 10.9. The Balaban J connectivity index is 2.80. The van der Waals surface area contributed by atoms with Crippen molar-refractivity contribution in [3.8, 4) is 0 Å². The second kappa shape index (κ2) is 3.76. The van der Waals surface area contributed by atoms with E-state index in [0.29, 0.717) is 13.1 Å². The Labute approximate surface area is 91.8 Å². The van der Waals surface area contributed by atoms with Crippen LogP contribution in [0.4, 0.5) is 0 Å². The summed E-state index contributed by atoms with van der Waals surface area (Å²) in [5.74, 6) is -0.000509. The van der Waals surface area contributed by atoms with Gasteiger partial charge >= 0.3 is 0 Å². The second-order valence-corrected chi connectivity index (χ2v) is 5.60. The zero-order valence-electron chi connectivity index (χ0n) is 10.3. The summed E-state index contributed by atoms with van der Waals surface area (Å²) in [6.07, 6.45) is 0. The normalized spacial score (nSPS) is 26.1. The van der Waals surface area contributed by atoms with E-state index < -0.39 is 6.04 Å². The zero-order chi connectivity index (χ0) is 11.9. The Morgan fingerprint density at radius 3 is 2.00 bits per heavy atom. The van der Waals surface area contributed by atoms with Gasteiger partial charge in [-0.3, -0.25) is 4.79 Å². The maximum absolute atomic E-state index is 11.8. The summed E-state index contributed by atoms with van der Waals surface area (Å²) in [7, 11) is 0. The summed E-state index contributed by atoms with van der Waals surface area (Å²) < 4.78 is 5.89. The number of amides is 1. The van der Waals surface area contributed by atoms with Crippen LogP contribution in [0.2, 0.25) is 0 Å². The number of morpholine rings is 1. The van der Waals surface area contributed by atoms with Crippen LogP contribution < -0.4 is 5.73 Å². The summed E-state index contributed by atoms with van der Waals surface area (Å²) in [6, 6.07) is -0.435. The van der Waals surface area contributed by atoms with E-state index in [1.807, 2.05) is 27.7 Å². The van der Waals surface area contributed by atoms with E-state index >= 15 is 0 Å². The second-order valence-electron chi connectivity index (χ2n) is 5.60. The van der Waals surface area contributed by atoms with Crippen molar-refractivity contribution in [2.24, 2.45) is 5.73 Å². The molecule has 0 unspecified atom stereocenters. The van der Waals surface area contributed by atoms with Gasteiger partial charge in [-0.05, 0) is 34.6 Å². The van der Waals surface area contributed by atoms with Crippen molar-refractivity contribution in [3.63, 3.8) is 0 Å². The number of hydrogen-bond donors (Lipinski definition) is 1. The van der Waals surface area contributed by atoms with E-state index in [0.717, 1.165) is 0 Å². The molecule has 1 atom stereocenters. The molecule has 1 fully saturated rings. The third-order valence-electron chi connectivity index (χ3n) is 2.40. The van der Waals surface area contributed by atoms with Gasteiger partial charge in [-0.2, -0.15) is 0 Å². The first kappa shape index (κ1) is 12.5. The summed E-state index contributed by atoms with van der Waals surface area (Å²) >= 11 is 0. The predicted molar refractivity (Wildman–Crippen MR) is 59.5 cm³/mol. The van der Waals surface area contributed by atoms with Gasteiger partial charge in [0.1, 0.15) is 0 Å². The fourth-order valence-corrected chi connectivity index (χ4v) is 2.23. The van der Waals surface area contributed by atoms with Gasteiger partial charge in [0.05, 0.1) is 17.2 Å². The van der Waals surface area contributed by atoms with Gasteiger partial charge < -0.3 is 15.4 Å². The highest BCUT2D eigenvalue weighted by Gasteiger charge is 2.40. The molecule has 4 heteroatoms. The molecular formula is C11H22N2O2.